The predicted molar refractivity (Wildman–Crippen MR) is 135 cm³/mol. The third-order valence-electron chi connectivity index (χ3n) is 5.70. The maximum atomic E-state index is 10.8. The number of ether oxygens (including phenoxy) is 2. The minimum atomic E-state index is -0.989. The fraction of sp³-hybridized carbons (Fsp3) is 0.276. The zero-order valence-electron chi connectivity index (χ0n) is 19.3. The van der Waals surface area contributed by atoms with Crippen LogP contribution in [-0.2, 0) is 4.79 Å². The largest absolute Gasteiger partial charge is 0.493 e. The van der Waals surface area contributed by atoms with Gasteiger partial charge in [0.05, 0.1) is 6.61 Å². The van der Waals surface area contributed by atoms with Crippen LogP contribution in [0.25, 0.3) is 0 Å². The van der Waals surface area contributed by atoms with Gasteiger partial charge in [-0.05, 0) is 79.8 Å². The van der Waals surface area contributed by atoms with Gasteiger partial charge < -0.3 is 14.6 Å². The summed E-state index contributed by atoms with van der Waals surface area (Å²) in [5, 5.41) is 8.84. The third kappa shape index (κ3) is 7.07. The second kappa shape index (κ2) is 11.7. The fourth-order valence-electron chi connectivity index (χ4n) is 3.97. The molecule has 1 saturated carbocycles. The van der Waals surface area contributed by atoms with Crippen LogP contribution in [0.2, 0.25) is 0 Å². The van der Waals surface area contributed by atoms with E-state index in [9.17, 15) is 4.79 Å². The molecule has 5 heteroatoms. The van der Waals surface area contributed by atoms with Gasteiger partial charge in [0.1, 0.15) is 11.5 Å². The fourth-order valence-corrected chi connectivity index (χ4v) is 4.97. The Morgan fingerprint density at radius 2 is 1.71 bits per heavy atom. The molecule has 0 unspecified atom stereocenters. The lowest BCUT2D eigenvalue weighted by molar-refractivity contribution is -0.139. The summed E-state index contributed by atoms with van der Waals surface area (Å²) in [6.45, 7) is 2.31. The maximum Gasteiger partial charge on any atom is 0.341 e. The number of aryl methyl sites for hydroxylation is 1. The van der Waals surface area contributed by atoms with Crippen LogP contribution in [0.3, 0.4) is 0 Å². The van der Waals surface area contributed by atoms with E-state index in [0.29, 0.717) is 11.7 Å². The van der Waals surface area contributed by atoms with Crippen LogP contribution in [0.5, 0.6) is 11.5 Å². The van der Waals surface area contributed by atoms with Crippen molar-refractivity contribution >= 4 is 17.7 Å². The zero-order valence-corrected chi connectivity index (χ0v) is 20.1. The van der Waals surface area contributed by atoms with Gasteiger partial charge in [-0.15, -0.1) is 0 Å². The summed E-state index contributed by atoms with van der Waals surface area (Å²) < 4.78 is 11.6. The first kappa shape index (κ1) is 23.8. The first-order chi connectivity index (χ1) is 16.5. The Labute approximate surface area is 205 Å². The van der Waals surface area contributed by atoms with E-state index < -0.39 is 5.97 Å². The van der Waals surface area contributed by atoms with E-state index in [2.05, 4.69) is 24.0 Å². The van der Waals surface area contributed by atoms with Crippen molar-refractivity contribution in [3.63, 3.8) is 0 Å². The topological polar surface area (TPSA) is 55.8 Å². The van der Waals surface area contributed by atoms with Crippen LogP contribution in [0, 0.1) is 24.7 Å². The van der Waals surface area contributed by atoms with Crippen molar-refractivity contribution in [1.29, 1.82) is 0 Å². The van der Waals surface area contributed by atoms with E-state index in [1.807, 2.05) is 61.5 Å². The highest BCUT2D eigenvalue weighted by atomic mass is 32.2. The van der Waals surface area contributed by atoms with E-state index in [-0.39, 0.29) is 6.61 Å². The Balaban J connectivity index is 1.55. The number of carboxylic acids is 1. The third-order valence-corrected chi connectivity index (χ3v) is 6.66. The van der Waals surface area contributed by atoms with E-state index in [4.69, 9.17) is 14.6 Å². The van der Waals surface area contributed by atoms with Crippen molar-refractivity contribution in [3.05, 3.63) is 83.4 Å². The molecule has 3 aromatic carbocycles. The van der Waals surface area contributed by atoms with Gasteiger partial charge in [0.25, 0.3) is 0 Å². The lowest BCUT2D eigenvalue weighted by Gasteiger charge is -2.13. The molecule has 1 N–H and O–H groups in total. The summed E-state index contributed by atoms with van der Waals surface area (Å²) >= 11 is 1.62. The summed E-state index contributed by atoms with van der Waals surface area (Å²) in [5.41, 5.74) is 2.78. The molecule has 0 bridgehead atoms. The molecule has 0 spiro atoms. The minimum Gasteiger partial charge on any atom is -0.493 e. The van der Waals surface area contributed by atoms with E-state index in [1.165, 1.54) is 25.7 Å². The molecular weight excluding hydrogens is 444 g/mol. The summed E-state index contributed by atoms with van der Waals surface area (Å²) in [7, 11) is 0. The van der Waals surface area contributed by atoms with E-state index in [0.717, 1.165) is 38.8 Å². The van der Waals surface area contributed by atoms with Crippen molar-refractivity contribution in [3.8, 4) is 23.3 Å². The molecule has 0 radical (unpaired) electrons. The van der Waals surface area contributed by atoms with Crippen LogP contribution in [0.4, 0.5) is 0 Å². The number of benzene rings is 3. The van der Waals surface area contributed by atoms with E-state index in [1.54, 1.807) is 11.8 Å². The molecule has 4 rings (SSSR count). The molecule has 0 aliphatic heterocycles. The monoisotopic (exact) mass is 472 g/mol. The smallest absolute Gasteiger partial charge is 0.341 e. The van der Waals surface area contributed by atoms with Crippen LogP contribution in [0.1, 0.15) is 42.4 Å². The van der Waals surface area contributed by atoms with Gasteiger partial charge in [-0.2, -0.15) is 0 Å². The summed E-state index contributed by atoms with van der Waals surface area (Å²) in [6, 6.07) is 21.9. The molecule has 4 nitrogen and oxygen atoms in total. The molecular formula is C29H28O4S. The van der Waals surface area contributed by atoms with Crippen molar-refractivity contribution in [2.75, 3.05) is 13.2 Å². The Morgan fingerprint density at radius 1 is 0.941 bits per heavy atom. The van der Waals surface area contributed by atoms with Gasteiger partial charge >= 0.3 is 5.97 Å². The predicted octanol–water partition coefficient (Wildman–Crippen LogP) is 6.58. The molecule has 0 heterocycles. The van der Waals surface area contributed by atoms with Gasteiger partial charge in [-0.3, -0.25) is 0 Å². The van der Waals surface area contributed by atoms with E-state index >= 15 is 0 Å². The maximum absolute atomic E-state index is 10.8. The lowest BCUT2D eigenvalue weighted by Crippen LogP contribution is -2.09. The summed E-state index contributed by atoms with van der Waals surface area (Å²) in [6.07, 6.45) is 5.07. The highest BCUT2D eigenvalue weighted by Gasteiger charge is 2.16. The van der Waals surface area contributed by atoms with Crippen molar-refractivity contribution < 1.29 is 19.4 Å². The SMILES string of the molecule is Cc1cc(Sc2cc(C#Cc3ccccc3)cc(OCC3CCCC3)c2)ccc1OCC(=O)O. The van der Waals surface area contributed by atoms with Gasteiger partial charge in [0, 0.05) is 20.9 Å². The number of hydrogen-bond acceptors (Lipinski definition) is 4. The molecule has 1 aliphatic carbocycles. The average molecular weight is 473 g/mol. The quantitative estimate of drug-likeness (QED) is 0.375. The zero-order chi connectivity index (χ0) is 23.8. The van der Waals surface area contributed by atoms with Gasteiger partial charge in [0.15, 0.2) is 6.61 Å². The molecule has 34 heavy (non-hydrogen) atoms. The number of hydrogen-bond donors (Lipinski definition) is 1. The van der Waals surface area contributed by atoms with Crippen LogP contribution < -0.4 is 9.47 Å². The molecule has 3 aromatic rings. The standard InChI is InChI=1S/C29H28O4S/c1-21-15-26(13-14-28(21)33-20-29(30)31)34-27-17-24(12-11-22-7-3-2-4-8-22)16-25(18-27)32-19-23-9-5-6-10-23/h2-4,7-8,13-18,23H,5-6,9-10,19-20H2,1H3,(H,30,31). The van der Waals surface area contributed by atoms with Crippen LogP contribution >= 0.6 is 11.8 Å². The van der Waals surface area contributed by atoms with Crippen molar-refractivity contribution in [2.45, 2.75) is 42.4 Å². The Kier molecular flexibility index (Phi) is 8.17. The van der Waals surface area contributed by atoms with Crippen LogP contribution in [-0.4, -0.2) is 24.3 Å². The number of aliphatic carboxylic acids is 1. The van der Waals surface area contributed by atoms with Gasteiger partial charge in [0.2, 0.25) is 0 Å². The van der Waals surface area contributed by atoms with Crippen molar-refractivity contribution in [1.82, 2.24) is 0 Å². The first-order valence-corrected chi connectivity index (χ1v) is 12.3. The highest BCUT2D eigenvalue weighted by Crippen LogP contribution is 2.34. The number of carboxylic acid groups (broad SMARTS) is 1. The second-order valence-corrected chi connectivity index (χ2v) is 9.63. The molecule has 0 saturated heterocycles. The molecule has 1 fully saturated rings. The Bertz CT molecular complexity index is 1190. The first-order valence-electron chi connectivity index (χ1n) is 11.5. The average Bonchev–Trinajstić information content (AvgIpc) is 3.35. The highest BCUT2D eigenvalue weighted by molar-refractivity contribution is 7.99. The Morgan fingerprint density at radius 3 is 2.44 bits per heavy atom. The molecule has 0 amide bonds. The number of carbonyl (C=O) groups is 1. The van der Waals surface area contributed by atoms with Crippen molar-refractivity contribution in [2.24, 2.45) is 5.92 Å². The van der Waals surface area contributed by atoms with Gasteiger partial charge in [-0.1, -0.05) is 54.6 Å². The summed E-state index contributed by atoms with van der Waals surface area (Å²) in [5.74, 6) is 7.59. The van der Waals surface area contributed by atoms with Gasteiger partial charge in [-0.25, -0.2) is 4.79 Å². The minimum absolute atomic E-state index is 0.350. The van der Waals surface area contributed by atoms with Crippen LogP contribution in [0.15, 0.2) is 76.5 Å². The molecule has 0 aromatic heterocycles. The molecule has 0 atom stereocenters. The number of rotatable bonds is 8. The summed E-state index contributed by atoms with van der Waals surface area (Å²) in [4.78, 5) is 12.9. The normalized spacial score (nSPS) is 13.2. The lowest BCUT2D eigenvalue weighted by atomic mass is 10.1. The Hall–Kier alpha value is -3.36. The molecule has 1 aliphatic rings. The second-order valence-electron chi connectivity index (χ2n) is 8.48. The molecule has 174 valence electrons.